The zero-order valence-electron chi connectivity index (χ0n) is 22.6. The van der Waals surface area contributed by atoms with Crippen molar-refractivity contribution in [2.24, 2.45) is 23.5 Å². The van der Waals surface area contributed by atoms with Gasteiger partial charge in [-0.1, -0.05) is 56.3 Å². The average molecular weight is 561 g/mol. The highest BCUT2D eigenvalue weighted by Crippen LogP contribution is 2.33. The molecule has 2 unspecified atom stereocenters. The summed E-state index contributed by atoms with van der Waals surface area (Å²) in [6.45, 7) is 5.11. The standard InChI is InChI=1S/C29H40N2O7S/c1-20(2)17-31(39(34,35)24-10-8-22(16-30)9-11-24)18-26(32)23(14-21-6-4-3-5-7-21)15-28(33)38-27-19-37-29-25(27)12-13-36-29/h3-11,20,23,25-27,29,32H,12-19,30H2,1-2H3/t23-,25?,26-,27?,29-/m1/s1. The van der Waals surface area contributed by atoms with Crippen LogP contribution in [-0.2, 0) is 42.0 Å². The number of nitrogens with zero attached hydrogens (tertiary/aromatic N) is 1. The average Bonchev–Trinajstić information content (AvgIpc) is 3.53. The number of hydrogen-bond donors (Lipinski definition) is 2. The molecule has 0 bridgehead atoms. The van der Waals surface area contributed by atoms with E-state index < -0.39 is 28.0 Å². The first-order valence-electron chi connectivity index (χ1n) is 13.6. The first-order valence-corrected chi connectivity index (χ1v) is 15.0. The van der Waals surface area contributed by atoms with Crippen LogP contribution in [0.15, 0.2) is 59.5 Å². The maximum atomic E-state index is 13.6. The molecule has 0 amide bonds. The number of aliphatic hydroxyl groups excluding tert-OH is 1. The Morgan fingerprint density at radius 1 is 1.08 bits per heavy atom. The lowest BCUT2D eigenvalue weighted by atomic mass is 9.90. The van der Waals surface area contributed by atoms with Crippen LogP contribution < -0.4 is 5.73 Å². The van der Waals surface area contributed by atoms with Crippen molar-refractivity contribution in [3.8, 4) is 0 Å². The third kappa shape index (κ3) is 7.65. The molecule has 3 N–H and O–H groups in total. The molecule has 214 valence electrons. The Balaban J connectivity index is 1.51. The first-order chi connectivity index (χ1) is 18.7. The molecule has 2 aromatic carbocycles. The molecular weight excluding hydrogens is 520 g/mol. The highest BCUT2D eigenvalue weighted by Gasteiger charge is 2.44. The van der Waals surface area contributed by atoms with E-state index in [1.807, 2.05) is 44.2 Å². The van der Waals surface area contributed by atoms with Gasteiger partial charge in [-0.15, -0.1) is 0 Å². The van der Waals surface area contributed by atoms with Crippen molar-refractivity contribution in [3.63, 3.8) is 0 Å². The van der Waals surface area contributed by atoms with Gasteiger partial charge in [0.05, 0.1) is 36.6 Å². The Morgan fingerprint density at radius 3 is 2.46 bits per heavy atom. The number of esters is 1. The summed E-state index contributed by atoms with van der Waals surface area (Å²) in [6.07, 6.45) is -0.694. The first kappa shape index (κ1) is 29.6. The SMILES string of the molecule is CC(C)CN(C[C@@H](O)[C@@H](CC(=O)OC1CO[C@H]2OCCC12)Cc1ccccc1)S(=O)(=O)c1ccc(CN)cc1. The summed E-state index contributed by atoms with van der Waals surface area (Å²) in [6, 6.07) is 16.0. The summed E-state index contributed by atoms with van der Waals surface area (Å²) in [5.41, 5.74) is 7.44. The Morgan fingerprint density at radius 2 is 1.79 bits per heavy atom. The lowest BCUT2D eigenvalue weighted by Gasteiger charge is -2.30. The largest absolute Gasteiger partial charge is 0.459 e. The maximum Gasteiger partial charge on any atom is 0.306 e. The van der Waals surface area contributed by atoms with Gasteiger partial charge in [0.25, 0.3) is 0 Å². The van der Waals surface area contributed by atoms with Gasteiger partial charge in [0.1, 0.15) is 6.10 Å². The lowest BCUT2D eigenvalue weighted by molar-refractivity contribution is -0.153. The number of rotatable bonds is 13. The fraction of sp³-hybridized carbons (Fsp3) is 0.552. The van der Waals surface area contributed by atoms with E-state index >= 15 is 0 Å². The molecule has 2 aliphatic heterocycles. The Kier molecular flexibility index (Phi) is 10.1. The van der Waals surface area contributed by atoms with Gasteiger partial charge in [-0.05, 0) is 42.0 Å². The maximum absolute atomic E-state index is 13.6. The Labute approximate surface area is 231 Å². The summed E-state index contributed by atoms with van der Waals surface area (Å²) in [7, 11) is -3.89. The van der Waals surface area contributed by atoms with Gasteiger partial charge >= 0.3 is 5.97 Å². The second-order valence-corrected chi connectivity index (χ2v) is 12.8. The fourth-order valence-electron chi connectivity index (χ4n) is 5.22. The van der Waals surface area contributed by atoms with Crippen LogP contribution >= 0.6 is 0 Å². The topological polar surface area (TPSA) is 128 Å². The van der Waals surface area contributed by atoms with Gasteiger partial charge in [0.15, 0.2) is 6.29 Å². The van der Waals surface area contributed by atoms with Crippen LogP contribution in [-0.4, -0.2) is 68.6 Å². The number of ether oxygens (including phenoxy) is 3. The van der Waals surface area contributed by atoms with Crippen molar-refractivity contribution in [2.45, 2.75) is 63.0 Å². The normalized spacial score (nSPS) is 22.7. The van der Waals surface area contributed by atoms with Gasteiger partial charge in [-0.3, -0.25) is 4.79 Å². The molecule has 2 saturated heterocycles. The van der Waals surface area contributed by atoms with Crippen LogP contribution in [0.2, 0.25) is 0 Å². The highest BCUT2D eigenvalue weighted by molar-refractivity contribution is 7.89. The lowest BCUT2D eigenvalue weighted by Crippen LogP contribution is -2.43. The van der Waals surface area contributed by atoms with Crippen molar-refractivity contribution in [3.05, 3.63) is 65.7 Å². The summed E-state index contributed by atoms with van der Waals surface area (Å²) < 4.78 is 45.4. The molecule has 9 nitrogen and oxygen atoms in total. The zero-order valence-corrected chi connectivity index (χ0v) is 23.5. The Bertz CT molecular complexity index is 1170. The molecule has 2 fully saturated rings. The number of carbonyl (C=O) groups excluding carboxylic acids is 1. The van der Waals surface area contributed by atoms with Gasteiger partial charge in [-0.25, -0.2) is 8.42 Å². The molecule has 0 radical (unpaired) electrons. The van der Waals surface area contributed by atoms with Crippen molar-refractivity contribution in [1.82, 2.24) is 4.31 Å². The number of carbonyl (C=O) groups is 1. The van der Waals surface area contributed by atoms with Crippen LogP contribution in [0.25, 0.3) is 0 Å². The summed E-state index contributed by atoms with van der Waals surface area (Å²) >= 11 is 0. The highest BCUT2D eigenvalue weighted by atomic mass is 32.2. The van der Waals surface area contributed by atoms with E-state index in [9.17, 15) is 18.3 Å². The van der Waals surface area contributed by atoms with Gasteiger partial charge < -0.3 is 25.1 Å². The van der Waals surface area contributed by atoms with E-state index in [0.29, 0.717) is 19.6 Å². The number of fused-ring (bicyclic) bond motifs is 1. The number of hydrogen-bond acceptors (Lipinski definition) is 8. The number of aliphatic hydroxyl groups is 1. The van der Waals surface area contributed by atoms with Crippen LogP contribution in [0, 0.1) is 17.8 Å². The molecule has 2 aromatic rings. The second-order valence-electron chi connectivity index (χ2n) is 10.8. The quantitative estimate of drug-likeness (QED) is 0.358. The van der Waals surface area contributed by atoms with Gasteiger partial charge in [0, 0.05) is 25.6 Å². The molecule has 2 heterocycles. The van der Waals surface area contributed by atoms with Crippen LogP contribution in [0.3, 0.4) is 0 Å². The molecule has 0 spiro atoms. The molecule has 0 aromatic heterocycles. The van der Waals surface area contributed by atoms with Crippen molar-refractivity contribution >= 4 is 16.0 Å². The zero-order chi connectivity index (χ0) is 28.0. The minimum atomic E-state index is -3.89. The van der Waals surface area contributed by atoms with Crippen molar-refractivity contribution < 1.29 is 32.5 Å². The van der Waals surface area contributed by atoms with E-state index in [2.05, 4.69) is 0 Å². The minimum Gasteiger partial charge on any atom is -0.459 e. The predicted octanol–water partition coefficient (Wildman–Crippen LogP) is 2.71. The van der Waals surface area contributed by atoms with Crippen molar-refractivity contribution in [2.75, 3.05) is 26.3 Å². The molecule has 4 rings (SSSR count). The van der Waals surface area contributed by atoms with Gasteiger partial charge in [-0.2, -0.15) is 4.31 Å². The van der Waals surface area contributed by atoms with E-state index in [1.54, 1.807) is 24.3 Å². The number of sulfonamides is 1. The third-order valence-electron chi connectivity index (χ3n) is 7.34. The van der Waals surface area contributed by atoms with E-state index in [0.717, 1.165) is 17.5 Å². The van der Waals surface area contributed by atoms with E-state index in [1.165, 1.54) is 4.31 Å². The molecular formula is C29H40N2O7S. The molecule has 0 aliphatic carbocycles. The molecule has 10 heteroatoms. The molecule has 5 atom stereocenters. The third-order valence-corrected chi connectivity index (χ3v) is 9.18. The van der Waals surface area contributed by atoms with Crippen molar-refractivity contribution in [1.29, 1.82) is 0 Å². The van der Waals surface area contributed by atoms with E-state index in [-0.39, 0.29) is 55.2 Å². The second kappa shape index (κ2) is 13.3. The minimum absolute atomic E-state index is 0.0174. The molecule has 2 aliphatic rings. The van der Waals surface area contributed by atoms with Crippen LogP contribution in [0.4, 0.5) is 0 Å². The fourth-order valence-corrected chi connectivity index (χ4v) is 6.84. The smallest absolute Gasteiger partial charge is 0.306 e. The molecule has 0 saturated carbocycles. The number of benzene rings is 2. The summed E-state index contributed by atoms with van der Waals surface area (Å²) in [4.78, 5) is 13.2. The predicted molar refractivity (Wildman–Crippen MR) is 146 cm³/mol. The Hall–Kier alpha value is -2.34. The van der Waals surface area contributed by atoms with Crippen LogP contribution in [0.1, 0.15) is 37.8 Å². The van der Waals surface area contributed by atoms with Crippen LogP contribution in [0.5, 0.6) is 0 Å². The number of nitrogens with two attached hydrogens (primary N) is 1. The van der Waals surface area contributed by atoms with E-state index in [4.69, 9.17) is 19.9 Å². The monoisotopic (exact) mass is 560 g/mol. The summed E-state index contributed by atoms with van der Waals surface area (Å²) in [5.74, 6) is -0.949. The molecule has 39 heavy (non-hydrogen) atoms. The summed E-state index contributed by atoms with van der Waals surface area (Å²) in [5, 5.41) is 11.4. The van der Waals surface area contributed by atoms with Gasteiger partial charge in [0.2, 0.25) is 10.0 Å².